The molecular formula is C35H41FN4O3. The van der Waals surface area contributed by atoms with E-state index < -0.39 is 0 Å². The van der Waals surface area contributed by atoms with Gasteiger partial charge in [0.2, 0.25) is 5.78 Å². The highest BCUT2D eigenvalue weighted by Crippen LogP contribution is 2.28. The standard InChI is InChI=1S/C35H41FN4O3/c1-3-43-24-23-40-32-16-10-9-15-31(32)37-34(40)33(41)26-17-20-39(21-18-26)22-19-28(29-13-7-8-14-30(29)36)25-38(2)35(42)27-11-5-4-6-12-27/h4-16,26,28H,3,17-25H2,1-2H3. The normalized spacial score (nSPS) is 15.0. The van der Waals surface area contributed by atoms with E-state index in [-0.39, 0.29) is 29.3 Å². The van der Waals surface area contributed by atoms with Crippen LogP contribution in [0.5, 0.6) is 0 Å². The van der Waals surface area contributed by atoms with E-state index in [2.05, 4.69) is 4.90 Å². The number of hydrogen-bond acceptors (Lipinski definition) is 5. The maximum atomic E-state index is 14.9. The molecule has 1 fully saturated rings. The number of hydrogen-bond donors (Lipinski definition) is 0. The number of carbonyl (C=O) groups excluding carboxylic acids is 2. The number of ketones is 1. The molecule has 43 heavy (non-hydrogen) atoms. The lowest BCUT2D eigenvalue weighted by Gasteiger charge is -2.33. The number of piperidine rings is 1. The molecule has 7 nitrogen and oxygen atoms in total. The Hall–Kier alpha value is -3.88. The Bertz CT molecular complexity index is 1510. The maximum Gasteiger partial charge on any atom is 0.253 e. The van der Waals surface area contributed by atoms with Gasteiger partial charge in [0, 0.05) is 44.1 Å². The van der Waals surface area contributed by atoms with E-state index in [9.17, 15) is 14.0 Å². The number of fused-ring (bicyclic) bond motifs is 1. The van der Waals surface area contributed by atoms with Gasteiger partial charge in [-0.15, -0.1) is 0 Å². The number of carbonyl (C=O) groups is 2. The van der Waals surface area contributed by atoms with Crippen LogP contribution < -0.4 is 0 Å². The van der Waals surface area contributed by atoms with E-state index in [1.807, 2.05) is 66.1 Å². The molecule has 1 unspecified atom stereocenters. The first kappa shape index (κ1) is 30.6. The zero-order chi connectivity index (χ0) is 30.2. The van der Waals surface area contributed by atoms with Crippen molar-refractivity contribution in [3.8, 4) is 0 Å². The third kappa shape index (κ3) is 7.37. The van der Waals surface area contributed by atoms with Gasteiger partial charge >= 0.3 is 0 Å². The van der Waals surface area contributed by atoms with Gasteiger partial charge in [0.1, 0.15) is 5.82 Å². The summed E-state index contributed by atoms with van der Waals surface area (Å²) in [6.45, 7) is 6.48. The molecule has 1 aliphatic heterocycles. The molecule has 0 saturated carbocycles. The summed E-state index contributed by atoms with van der Waals surface area (Å²) >= 11 is 0. The van der Waals surface area contributed by atoms with Gasteiger partial charge in [-0.1, -0.05) is 48.5 Å². The molecule has 1 aliphatic rings. The Morgan fingerprint density at radius 1 is 0.977 bits per heavy atom. The molecule has 0 aliphatic carbocycles. The van der Waals surface area contributed by atoms with Crippen LogP contribution in [0.1, 0.15) is 58.6 Å². The van der Waals surface area contributed by atoms with Crippen LogP contribution in [0.4, 0.5) is 4.39 Å². The van der Waals surface area contributed by atoms with Gasteiger partial charge < -0.3 is 19.1 Å². The number of benzene rings is 3. The second-order valence-corrected chi connectivity index (χ2v) is 11.3. The molecule has 0 N–H and O–H groups in total. The van der Waals surface area contributed by atoms with Gasteiger partial charge in [-0.25, -0.2) is 9.37 Å². The number of amides is 1. The molecule has 1 atom stereocenters. The van der Waals surface area contributed by atoms with Gasteiger partial charge in [-0.2, -0.15) is 0 Å². The third-order valence-electron chi connectivity index (χ3n) is 8.50. The van der Waals surface area contributed by atoms with Gasteiger partial charge in [0.15, 0.2) is 5.82 Å². The quantitative estimate of drug-likeness (QED) is 0.141. The number of ether oxygens (including phenoxy) is 1. The molecule has 0 bridgehead atoms. The molecule has 5 rings (SSSR count). The first-order chi connectivity index (χ1) is 21.0. The monoisotopic (exact) mass is 584 g/mol. The lowest BCUT2D eigenvalue weighted by Crippen LogP contribution is -2.39. The van der Waals surface area contributed by atoms with Crippen LogP contribution >= 0.6 is 0 Å². The van der Waals surface area contributed by atoms with Crippen molar-refractivity contribution >= 4 is 22.7 Å². The van der Waals surface area contributed by atoms with E-state index in [0.717, 1.165) is 43.5 Å². The molecule has 1 saturated heterocycles. The Balaban J connectivity index is 1.22. The Morgan fingerprint density at radius 2 is 1.67 bits per heavy atom. The van der Waals surface area contributed by atoms with Crippen molar-refractivity contribution in [3.63, 3.8) is 0 Å². The minimum absolute atomic E-state index is 0.0754. The highest BCUT2D eigenvalue weighted by Gasteiger charge is 2.30. The maximum absolute atomic E-state index is 14.9. The first-order valence-corrected chi connectivity index (χ1v) is 15.3. The topological polar surface area (TPSA) is 67.7 Å². The number of likely N-dealkylation sites (tertiary alicyclic amines) is 1. The minimum Gasteiger partial charge on any atom is -0.380 e. The summed E-state index contributed by atoms with van der Waals surface area (Å²) in [4.78, 5) is 35.5. The zero-order valence-corrected chi connectivity index (χ0v) is 25.1. The number of likely N-dealkylation sites (N-methyl/N-ethyl adjacent to an activating group) is 1. The molecule has 1 aromatic heterocycles. The Labute approximate surface area is 253 Å². The zero-order valence-electron chi connectivity index (χ0n) is 25.1. The number of nitrogens with zero attached hydrogens (tertiary/aromatic N) is 4. The average Bonchev–Trinajstić information content (AvgIpc) is 3.42. The van der Waals surface area contributed by atoms with Gasteiger partial charge in [-0.3, -0.25) is 9.59 Å². The van der Waals surface area contributed by atoms with Crippen molar-refractivity contribution in [3.05, 3.63) is 102 Å². The van der Waals surface area contributed by atoms with E-state index in [1.54, 1.807) is 30.1 Å². The van der Waals surface area contributed by atoms with Crippen molar-refractivity contribution in [2.24, 2.45) is 5.92 Å². The summed E-state index contributed by atoms with van der Waals surface area (Å²) in [6.07, 6.45) is 2.22. The highest BCUT2D eigenvalue weighted by atomic mass is 19.1. The number of para-hydroxylation sites is 2. The van der Waals surface area contributed by atoms with E-state index in [4.69, 9.17) is 9.72 Å². The van der Waals surface area contributed by atoms with Crippen LogP contribution in [-0.4, -0.2) is 77.5 Å². The molecule has 226 valence electrons. The second kappa shape index (κ2) is 14.5. The van der Waals surface area contributed by atoms with Crippen LogP contribution in [0.2, 0.25) is 0 Å². The van der Waals surface area contributed by atoms with Crippen LogP contribution in [0.15, 0.2) is 78.9 Å². The van der Waals surface area contributed by atoms with Crippen LogP contribution in [0.25, 0.3) is 11.0 Å². The fraction of sp³-hybridized carbons (Fsp3) is 0.400. The molecule has 2 heterocycles. The van der Waals surface area contributed by atoms with Gasteiger partial charge in [-0.05, 0) is 81.7 Å². The van der Waals surface area contributed by atoms with Gasteiger partial charge in [0.05, 0.1) is 17.6 Å². The molecule has 0 radical (unpaired) electrons. The average molecular weight is 585 g/mol. The van der Waals surface area contributed by atoms with Crippen LogP contribution in [0.3, 0.4) is 0 Å². The number of aromatic nitrogens is 2. The number of halogens is 1. The number of rotatable bonds is 13. The largest absolute Gasteiger partial charge is 0.380 e. The fourth-order valence-electron chi connectivity index (χ4n) is 6.10. The van der Waals surface area contributed by atoms with E-state index >= 15 is 0 Å². The summed E-state index contributed by atoms with van der Waals surface area (Å²) in [5.41, 5.74) is 3.04. The lowest BCUT2D eigenvalue weighted by molar-refractivity contribution is 0.0778. The fourth-order valence-corrected chi connectivity index (χ4v) is 6.10. The molecule has 4 aromatic rings. The number of imidazole rings is 1. The van der Waals surface area contributed by atoms with Crippen molar-refractivity contribution < 1.29 is 18.7 Å². The smallest absolute Gasteiger partial charge is 0.253 e. The summed E-state index contributed by atoms with van der Waals surface area (Å²) in [6, 6.07) is 23.9. The van der Waals surface area contributed by atoms with Crippen LogP contribution in [-0.2, 0) is 11.3 Å². The molecule has 0 spiro atoms. The Kier molecular flexibility index (Phi) is 10.3. The van der Waals surface area contributed by atoms with E-state index in [1.165, 1.54) is 6.07 Å². The lowest BCUT2D eigenvalue weighted by atomic mass is 9.90. The van der Waals surface area contributed by atoms with Crippen LogP contribution in [0, 0.1) is 11.7 Å². The highest BCUT2D eigenvalue weighted by molar-refractivity contribution is 5.98. The summed E-state index contributed by atoms with van der Waals surface area (Å²) < 4.78 is 22.5. The molecule has 8 heteroatoms. The predicted octanol–water partition coefficient (Wildman–Crippen LogP) is 6.05. The first-order valence-electron chi connectivity index (χ1n) is 15.3. The van der Waals surface area contributed by atoms with Crippen molar-refractivity contribution in [1.29, 1.82) is 0 Å². The van der Waals surface area contributed by atoms with Crippen molar-refractivity contribution in [2.75, 3.05) is 46.4 Å². The number of Topliss-reactive ketones (excluding diaryl/α,β-unsaturated/α-hetero) is 1. The molecule has 1 amide bonds. The second-order valence-electron chi connectivity index (χ2n) is 11.3. The molecule has 3 aromatic carbocycles. The SMILES string of the molecule is CCOCCn1c(C(=O)C2CCN(CCC(CN(C)C(=O)c3ccccc3)c3ccccc3F)CC2)nc2ccccc21. The third-order valence-corrected chi connectivity index (χ3v) is 8.50. The summed E-state index contributed by atoms with van der Waals surface area (Å²) in [5.74, 6) is 0.0558. The van der Waals surface area contributed by atoms with Crippen molar-refractivity contribution in [2.45, 2.75) is 38.6 Å². The minimum atomic E-state index is -0.246. The van der Waals surface area contributed by atoms with E-state index in [0.29, 0.717) is 49.7 Å². The van der Waals surface area contributed by atoms with Crippen molar-refractivity contribution in [1.82, 2.24) is 19.4 Å². The molecular weight excluding hydrogens is 543 g/mol. The predicted molar refractivity (Wildman–Crippen MR) is 167 cm³/mol. The summed E-state index contributed by atoms with van der Waals surface area (Å²) in [5, 5.41) is 0. The van der Waals surface area contributed by atoms with Gasteiger partial charge in [0.25, 0.3) is 5.91 Å². The summed E-state index contributed by atoms with van der Waals surface area (Å²) in [7, 11) is 1.78. The Morgan fingerprint density at radius 3 is 2.42 bits per heavy atom.